The van der Waals surface area contributed by atoms with Crippen molar-refractivity contribution in [1.82, 2.24) is 9.80 Å². The van der Waals surface area contributed by atoms with E-state index < -0.39 is 13.7 Å². The lowest BCUT2D eigenvalue weighted by Crippen LogP contribution is -2.48. The molecular formula is C31H47N3O5Si. The Kier molecular flexibility index (Phi) is 7.74. The van der Waals surface area contributed by atoms with Crippen molar-refractivity contribution in [2.24, 2.45) is 11.8 Å². The quantitative estimate of drug-likeness (QED) is 0.413. The molecule has 1 saturated carbocycles. The van der Waals surface area contributed by atoms with Gasteiger partial charge in [0.05, 0.1) is 12.3 Å². The van der Waals surface area contributed by atoms with Gasteiger partial charge in [0, 0.05) is 52.1 Å². The fraction of sp³-hybridized carbons (Fsp3) is 0.710. The van der Waals surface area contributed by atoms with E-state index in [4.69, 9.17) is 9.47 Å². The predicted octanol–water partition coefficient (Wildman–Crippen LogP) is 5.66. The number of ether oxygens (including phenoxy) is 2. The van der Waals surface area contributed by atoms with Crippen LogP contribution in [0.15, 0.2) is 18.2 Å². The summed E-state index contributed by atoms with van der Waals surface area (Å²) in [7, 11) is -1.33. The minimum absolute atomic E-state index is 0.185. The summed E-state index contributed by atoms with van der Waals surface area (Å²) in [6.45, 7) is 16.4. The Hall–Kier alpha value is -2.55. The van der Waals surface area contributed by atoms with E-state index in [1.165, 1.54) is 5.56 Å². The molecule has 1 spiro atoms. The van der Waals surface area contributed by atoms with Crippen molar-refractivity contribution < 1.29 is 23.9 Å². The van der Waals surface area contributed by atoms with Crippen molar-refractivity contribution in [3.05, 3.63) is 29.3 Å². The smallest absolute Gasteiger partial charge is 0.414 e. The third kappa shape index (κ3) is 6.19. The van der Waals surface area contributed by atoms with Crippen LogP contribution >= 0.6 is 0 Å². The highest BCUT2D eigenvalue weighted by molar-refractivity contribution is 6.76. The van der Waals surface area contributed by atoms with E-state index in [9.17, 15) is 14.4 Å². The normalized spacial score (nSPS) is 25.9. The number of nitrogens with zero attached hydrogens (tertiary/aromatic N) is 3. The summed E-state index contributed by atoms with van der Waals surface area (Å²) in [6, 6.07) is 7.38. The van der Waals surface area contributed by atoms with E-state index >= 15 is 0 Å². The summed E-state index contributed by atoms with van der Waals surface area (Å²) < 4.78 is 11.5. The Balaban J connectivity index is 1.31. The van der Waals surface area contributed by atoms with Crippen LogP contribution in [-0.4, -0.2) is 80.9 Å². The van der Waals surface area contributed by atoms with Crippen LogP contribution in [0.5, 0.6) is 0 Å². The Morgan fingerprint density at radius 1 is 1.00 bits per heavy atom. The summed E-state index contributed by atoms with van der Waals surface area (Å²) in [5, 5.41) is 0. The fourth-order valence-electron chi connectivity index (χ4n) is 6.46. The number of hydrogen-bond acceptors (Lipinski definition) is 5. The lowest BCUT2D eigenvalue weighted by molar-refractivity contribution is -0.143. The molecule has 1 atom stereocenters. The highest BCUT2D eigenvalue weighted by atomic mass is 28.3. The topological polar surface area (TPSA) is 79.4 Å². The monoisotopic (exact) mass is 569 g/mol. The number of anilines is 1. The maximum atomic E-state index is 13.3. The van der Waals surface area contributed by atoms with Crippen molar-refractivity contribution in [1.29, 1.82) is 0 Å². The van der Waals surface area contributed by atoms with Gasteiger partial charge in [0.2, 0.25) is 5.91 Å². The highest BCUT2D eigenvalue weighted by Gasteiger charge is 2.51. The summed E-state index contributed by atoms with van der Waals surface area (Å²) in [6.07, 6.45) is 4.16. The van der Waals surface area contributed by atoms with Crippen molar-refractivity contribution >= 4 is 31.9 Å². The predicted molar refractivity (Wildman–Crippen MR) is 159 cm³/mol. The third-order valence-corrected chi connectivity index (χ3v) is 10.7. The van der Waals surface area contributed by atoms with Crippen LogP contribution in [0.3, 0.4) is 0 Å². The number of likely N-dealkylation sites (tertiary alicyclic amines) is 2. The van der Waals surface area contributed by atoms with E-state index in [0.717, 1.165) is 62.5 Å². The number of amides is 3. The first-order chi connectivity index (χ1) is 18.7. The average Bonchev–Trinajstić information content (AvgIpc) is 3.35. The molecule has 1 unspecified atom stereocenters. The van der Waals surface area contributed by atoms with Gasteiger partial charge < -0.3 is 19.3 Å². The molecule has 1 aromatic rings. The van der Waals surface area contributed by atoms with Gasteiger partial charge in [-0.2, -0.15) is 0 Å². The number of fused-ring (bicyclic) bond motifs is 2. The Morgan fingerprint density at radius 2 is 1.73 bits per heavy atom. The van der Waals surface area contributed by atoms with Crippen LogP contribution in [0.4, 0.5) is 15.3 Å². The number of hydrogen-bond donors (Lipinski definition) is 0. The Morgan fingerprint density at radius 3 is 2.35 bits per heavy atom. The largest absolute Gasteiger partial charge is 0.449 e. The van der Waals surface area contributed by atoms with Crippen LogP contribution in [0.1, 0.15) is 57.6 Å². The second kappa shape index (κ2) is 10.7. The zero-order valence-electron chi connectivity index (χ0n) is 25.3. The Bertz CT molecular complexity index is 1150. The van der Waals surface area contributed by atoms with E-state index in [1.54, 1.807) is 9.80 Å². The van der Waals surface area contributed by atoms with E-state index in [-0.39, 0.29) is 23.5 Å². The van der Waals surface area contributed by atoms with Gasteiger partial charge in [0.1, 0.15) is 5.60 Å². The maximum absolute atomic E-state index is 13.3. The number of rotatable bonds is 6. The molecule has 2 saturated heterocycles. The van der Waals surface area contributed by atoms with Crippen LogP contribution in [0, 0.1) is 11.8 Å². The standard InChI is InChI=1S/C31H47N3O5Si/c1-30(2,3)39-28(36)33-13-10-31(20-33)21-34(29(37)38-14-15-40(4,5)6)26-9-8-22(19-25(26)31)16-23-17-24(18-23)27(35)32-11-7-12-32/h8-9,19,23-24H,7,10-18,20-21H2,1-6H3. The molecule has 40 heavy (non-hydrogen) atoms. The molecule has 3 fully saturated rings. The minimum Gasteiger partial charge on any atom is -0.449 e. The van der Waals surface area contributed by atoms with Gasteiger partial charge in [-0.05, 0) is 82.0 Å². The molecule has 0 radical (unpaired) electrons. The zero-order chi connectivity index (χ0) is 28.9. The molecule has 4 aliphatic rings. The van der Waals surface area contributed by atoms with E-state index in [2.05, 4.69) is 37.8 Å². The molecule has 8 nitrogen and oxygen atoms in total. The lowest BCUT2D eigenvalue weighted by atomic mass is 9.71. The molecule has 0 aromatic heterocycles. The fourth-order valence-corrected chi connectivity index (χ4v) is 7.18. The zero-order valence-corrected chi connectivity index (χ0v) is 26.3. The first-order valence-corrected chi connectivity index (χ1v) is 18.8. The average molecular weight is 570 g/mol. The van der Waals surface area contributed by atoms with Gasteiger partial charge in [-0.1, -0.05) is 31.8 Å². The number of benzene rings is 1. The molecule has 3 heterocycles. The van der Waals surface area contributed by atoms with Gasteiger partial charge >= 0.3 is 12.2 Å². The summed E-state index contributed by atoms with van der Waals surface area (Å²) >= 11 is 0. The molecule has 0 bridgehead atoms. The number of carbonyl (C=O) groups is 3. The van der Waals surface area contributed by atoms with Crippen molar-refractivity contribution in [3.8, 4) is 0 Å². The second-order valence-electron chi connectivity index (χ2n) is 14.7. The highest BCUT2D eigenvalue weighted by Crippen LogP contribution is 2.48. The van der Waals surface area contributed by atoms with Crippen LogP contribution in [0.25, 0.3) is 0 Å². The van der Waals surface area contributed by atoms with E-state index in [1.807, 2.05) is 25.7 Å². The molecule has 9 heteroatoms. The van der Waals surface area contributed by atoms with Crippen molar-refractivity contribution in [2.45, 2.75) is 89.6 Å². The second-order valence-corrected chi connectivity index (χ2v) is 20.3. The van der Waals surface area contributed by atoms with Gasteiger partial charge in [-0.15, -0.1) is 0 Å². The maximum Gasteiger partial charge on any atom is 0.414 e. The molecule has 1 aliphatic carbocycles. The molecule has 3 aliphatic heterocycles. The van der Waals surface area contributed by atoms with Crippen molar-refractivity contribution in [2.75, 3.05) is 44.2 Å². The van der Waals surface area contributed by atoms with Gasteiger partial charge in [-0.25, -0.2) is 9.59 Å². The summed E-state index contributed by atoms with van der Waals surface area (Å²) in [5.41, 5.74) is 2.37. The van der Waals surface area contributed by atoms with Gasteiger partial charge in [0.25, 0.3) is 0 Å². The van der Waals surface area contributed by atoms with Crippen LogP contribution < -0.4 is 4.90 Å². The SMILES string of the molecule is CC(C)(C)OC(=O)N1CCC2(C1)CN(C(=O)OCC[Si](C)(C)C)c1ccc(CC3CC(C(=O)N4CCC4)C3)cc12. The summed E-state index contributed by atoms with van der Waals surface area (Å²) in [4.78, 5) is 44.4. The first kappa shape index (κ1) is 29.0. The molecule has 5 rings (SSSR count). The molecule has 0 N–H and O–H groups in total. The van der Waals surface area contributed by atoms with E-state index in [0.29, 0.717) is 38.1 Å². The Labute approximate surface area is 240 Å². The first-order valence-electron chi connectivity index (χ1n) is 15.1. The molecule has 1 aromatic carbocycles. The molecular weight excluding hydrogens is 522 g/mol. The summed E-state index contributed by atoms with van der Waals surface area (Å²) in [5.74, 6) is 1.03. The van der Waals surface area contributed by atoms with Gasteiger partial charge in [-0.3, -0.25) is 9.69 Å². The van der Waals surface area contributed by atoms with Crippen molar-refractivity contribution in [3.63, 3.8) is 0 Å². The third-order valence-electron chi connectivity index (χ3n) is 8.96. The van der Waals surface area contributed by atoms with Crippen LogP contribution in [0.2, 0.25) is 25.7 Å². The molecule has 3 amide bonds. The van der Waals surface area contributed by atoms with Gasteiger partial charge in [0.15, 0.2) is 0 Å². The minimum atomic E-state index is -1.33. The van der Waals surface area contributed by atoms with Crippen LogP contribution in [-0.2, 0) is 26.1 Å². The molecule has 220 valence electrons. The number of carbonyl (C=O) groups excluding carboxylic acids is 3. The lowest BCUT2D eigenvalue weighted by Gasteiger charge is -2.41.